The molecule has 1 aromatic rings. The Bertz CT molecular complexity index is 582. The molecule has 3 rings (SSSR count). The van der Waals surface area contributed by atoms with E-state index >= 15 is 0 Å². The number of anilines is 1. The third-order valence-electron chi connectivity index (χ3n) is 4.30. The van der Waals surface area contributed by atoms with Crippen LogP contribution in [0.5, 0.6) is 0 Å². The summed E-state index contributed by atoms with van der Waals surface area (Å²) in [6.45, 7) is 3.61. The minimum absolute atomic E-state index is 0.0764. The van der Waals surface area contributed by atoms with Gasteiger partial charge < -0.3 is 10.2 Å². The lowest BCUT2D eigenvalue weighted by molar-refractivity contribution is -0.133. The highest BCUT2D eigenvalue weighted by molar-refractivity contribution is 6.31. The van der Waals surface area contributed by atoms with Crippen molar-refractivity contribution in [2.45, 2.75) is 26.2 Å². The summed E-state index contributed by atoms with van der Waals surface area (Å²) in [5.41, 5.74) is 1.66. The zero-order chi connectivity index (χ0) is 15.0. The van der Waals surface area contributed by atoms with Crippen LogP contribution in [-0.4, -0.2) is 29.8 Å². The Morgan fingerprint density at radius 3 is 2.62 bits per heavy atom. The topological polar surface area (TPSA) is 49.4 Å². The van der Waals surface area contributed by atoms with Crippen molar-refractivity contribution in [1.29, 1.82) is 0 Å². The summed E-state index contributed by atoms with van der Waals surface area (Å²) in [6, 6.07) is 5.45. The molecular weight excluding hydrogens is 288 g/mol. The third kappa shape index (κ3) is 3.05. The van der Waals surface area contributed by atoms with Crippen LogP contribution in [0.15, 0.2) is 18.2 Å². The number of halogens is 1. The summed E-state index contributed by atoms with van der Waals surface area (Å²) in [5, 5.41) is 3.49. The molecule has 2 aliphatic rings. The summed E-state index contributed by atoms with van der Waals surface area (Å²) in [5.74, 6) is -0.232. The van der Waals surface area contributed by atoms with Crippen molar-refractivity contribution < 1.29 is 9.59 Å². The fourth-order valence-electron chi connectivity index (χ4n) is 2.84. The molecule has 1 aliphatic heterocycles. The van der Waals surface area contributed by atoms with Crippen LogP contribution in [-0.2, 0) is 9.59 Å². The molecular formula is C16H19ClN2O2. The molecule has 1 saturated carbocycles. The first kappa shape index (κ1) is 14.4. The second-order valence-corrected chi connectivity index (χ2v) is 6.34. The number of amides is 2. The number of carbonyl (C=O) groups excluding carboxylic acids is 2. The van der Waals surface area contributed by atoms with Gasteiger partial charge >= 0.3 is 0 Å². The molecule has 4 nitrogen and oxygen atoms in total. The molecule has 2 unspecified atom stereocenters. The van der Waals surface area contributed by atoms with Gasteiger partial charge in [0.1, 0.15) is 0 Å². The number of carbonyl (C=O) groups is 2. The normalized spacial score (nSPS) is 24.0. The highest BCUT2D eigenvalue weighted by atomic mass is 35.5. The maximum atomic E-state index is 12.2. The van der Waals surface area contributed by atoms with E-state index in [0.717, 1.165) is 31.5 Å². The fraction of sp³-hybridized carbons (Fsp3) is 0.500. The zero-order valence-corrected chi connectivity index (χ0v) is 12.8. The van der Waals surface area contributed by atoms with Crippen LogP contribution < -0.4 is 5.32 Å². The van der Waals surface area contributed by atoms with Gasteiger partial charge in [0.25, 0.3) is 0 Å². The molecule has 2 amide bonds. The molecule has 0 radical (unpaired) electrons. The Morgan fingerprint density at radius 1 is 1.24 bits per heavy atom. The van der Waals surface area contributed by atoms with Crippen LogP contribution >= 0.6 is 11.6 Å². The van der Waals surface area contributed by atoms with Crippen molar-refractivity contribution in [3.63, 3.8) is 0 Å². The Morgan fingerprint density at radius 2 is 1.95 bits per heavy atom. The average Bonchev–Trinajstić information content (AvgIpc) is 3.08. The summed E-state index contributed by atoms with van der Waals surface area (Å²) in [4.78, 5) is 26.3. The smallest absolute Gasteiger partial charge is 0.228 e. The summed E-state index contributed by atoms with van der Waals surface area (Å²) in [6.07, 6.45) is 2.83. The highest BCUT2D eigenvalue weighted by Gasteiger charge is 2.49. The van der Waals surface area contributed by atoms with E-state index in [1.165, 1.54) is 0 Å². The number of nitrogens with one attached hydrogen (secondary N) is 1. The van der Waals surface area contributed by atoms with Crippen LogP contribution in [0.3, 0.4) is 0 Å². The van der Waals surface area contributed by atoms with Crippen molar-refractivity contribution in [2.75, 3.05) is 18.4 Å². The van der Waals surface area contributed by atoms with Crippen LogP contribution in [0, 0.1) is 18.8 Å². The van der Waals surface area contributed by atoms with E-state index in [9.17, 15) is 9.59 Å². The number of likely N-dealkylation sites (tertiary alicyclic amines) is 1. The lowest BCUT2D eigenvalue weighted by Crippen LogP contribution is -2.30. The number of aryl methyl sites for hydroxylation is 1. The van der Waals surface area contributed by atoms with E-state index in [4.69, 9.17) is 11.6 Å². The zero-order valence-electron chi connectivity index (χ0n) is 12.1. The average molecular weight is 307 g/mol. The second kappa shape index (κ2) is 5.68. The fourth-order valence-corrected chi connectivity index (χ4v) is 3.02. The minimum atomic E-state index is -0.182. The molecule has 1 aliphatic carbocycles. The lowest BCUT2D eigenvalue weighted by atomic mass is 10.2. The van der Waals surface area contributed by atoms with Crippen molar-refractivity contribution in [1.82, 2.24) is 4.90 Å². The summed E-state index contributed by atoms with van der Waals surface area (Å²) in [7, 11) is 0. The highest BCUT2D eigenvalue weighted by Crippen LogP contribution is 2.41. The quantitative estimate of drug-likeness (QED) is 0.933. The van der Waals surface area contributed by atoms with Gasteiger partial charge in [-0.15, -0.1) is 0 Å². The second-order valence-electron chi connectivity index (χ2n) is 5.93. The van der Waals surface area contributed by atoms with Gasteiger partial charge in [0.15, 0.2) is 0 Å². The third-order valence-corrected chi connectivity index (χ3v) is 4.71. The molecule has 1 N–H and O–H groups in total. The van der Waals surface area contributed by atoms with Gasteiger partial charge in [-0.2, -0.15) is 0 Å². The first-order valence-electron chi connectivity index (χ1n) is 7.42. The molecule has 2 fully saturated rings. The molecule has 112 valence electrons. The largest absolute Gasteiger partial charge is 0.342 e. The van der Waals surface area contributed by atoms with Gasteiger partial charge in [-0.3, -0.25) is 9.59 Å². The van der Waals surface area contributed by atoms with Gasteiger partial charge in [-0.25, -0.2) is 0 Å². The molecule has 1 saturated heterocycles. The number of benzene rings is 1. The first-order chi connectivity index (χ1) is 10.1. The van der Waals surface area contributed by atoms with Crippen LogP contribution in [0.4, 0.5) is 5.69 Å². The molecule has 1 heterocycles. The molecule has 21 heavy (non-hydrogen) atoms. The van der Waals surface area contributed by atoms with Crippen LogP contribution in [0.1, 0.15) is 24.8 Å². The van der Waals surface area contributed by atoms with Crippen molar-refractivity contribution in [3.8, 4) is 0 Å². The first-order valence-corrected chi connectivity index (χ1v) is 7.80. The SMILES string of the molecule is Cc1ccc(NC(=O)C2CC2C(=O)N2CCCC2)cc1Cl. The van der Waals surface area contributed by atoms with E-state index < -0.39 is 0 Å². The molecule has 2 atom stereocenters. The monoisotopic (exact) mass is 306 g/mol. The molecule has 0 bridgehead atoms. The molecule has 0 spiro atoms. The van der Waals surface area contributed by atoms with Gasteiger partial charge in [0, 0.05) is 23.8 Å². The standard InChI is InChI=1S/C16H19ClN2O2/c1-10-4-5-11(8-14(10)17)18-15(20)12-9-13(12)16(21)19-6-2-3-7-19/h4-5,8,12-13H,2-3,6-7,9H2,1H3,(H,18,20). The van der Waals surface area contributed by atoms with E-state index in [1.54, 1.807) is 6.07 Å². The Kier molecular flexibility index (Phi) is 3.89. The predicted octanol–water partition coefficient (Wildman–Crippen LogP) is 2.85. The Hall–Kier alpha value is -1.55. The van der Waals surface area contributed by atoms with Gasteiger partial charge in [-0.05, 0) is 43.9 Å². The Balaban J connectivity index is 1.57. The predicted molar refractivity (Wildman–Crippen MR) is 82.2 cm³/mol. The van der Waals surface area contributed by atoms with E-state index in [1.807, 2.05) is 24.0 Å². The summed E-state index contributed by atoms with van der Waals surface area (Å²) >= 11 is 6.05. The maximum Gasteiger partial charge on any atom is 0.228 e. The summed E-state index contributed by atoms with van der Waals surface area (Å²) < 4.78 is 0. The number of hydrogen-bond acceptors (Lipinski definition) is 2. The van der Waals surface area contributed by atoms with Gasteiger partial charge in [0.2, 0.25) is 11.8 Å². The number of rotatable bonds is 3. The molecule has 5 heteroatoms. The lowest BCUT2D eigenvalue weighted by Gasteiger charge is -2.14. The Labute approximate surface area is 129 Å². The van der Waals surface area contributed by atoms with Crippen molar-refractivity contribution >= 4 is 29.1 Å². The number of hydrogen-bond donors (Lipinski definition) is 1. The maximum absolute atomic E-state index is 12.2. The minimum Gasteiger partial charge on any atom is -0.342 e. The van der Waals surface area contributed by atoms with Gasteiger partial charge in [-0.1, -0.05) is 17.7 Å². The van der Waals surface area contributed by atoms with Gasteiger partial charge in [0.05, 0.1) is 11.8 Å². The van der Waals surface area contributed by atoms with E-state index in [2.05, 4.69) is 5.32 Å². The van der Waals surface area contributed by atoms with E-state index in [-0.39, 0.29) is 23.7 Å². The van der Waals surface area contributed by atoms with Crippen LogP contribution in [0.25, 0.3) is 0 Å². The van der Waals surface area contributed by atoms with Crippen molar-refractivity contribution in [2.24, 2.45) is 11.8 Å². The van der Waals surface area contributed by atoms with Crippen LogP contribution in [0.2, 0.25) is 5.02 Å². The van der Waals surface area contributed by atoms with Crippen molar-refractivity contribution in [3.05, 3.63) is 28.8 Å². The molecule has 0 aromatic heterocycles. The molecule has 1 aromatic carbocycles. The van der Waals surface area contributed by atoms with E-state index in [0.29, 0.717) is 17.1 Å². The number of nitrogens with zero attached hydrogens (tertiary/aromatic N) is 1.